The zero-order chi connectivity index (χ0) is 14.5. The fourth-order valence-electron chi connectivity index (χ4n) is 2.75. The number of amides is 1. The van der Waals surface area contributed by atoms with Crippen molar-refractivity contribution in [2.75, 3.05) is 19.6 Å². The Bertz CT molecular complexity index is 439. The van der Waals surface area contributed by atoms with Crippen LogP contribution in [0.4, 0.5) is 0 Å². The summed E-state index contributed by atoms with van der Waals surface area (Å²) in [7, 11) is 0. The number of nitrogens with zero attached hydrogens (tertiary/aromatic N) is 1. The van der Waals surface area contributed by atoms with E-state index in [1.54, 1.807) is 0 Å². The first kappa shape index (κ1) is 15.0. The maximum atomic E-state index is 12.3. The van der Waals surface area contributed by atoms with E-state index in [2.05, 4.69) is 50.4 Å². The molecule has 1 aromatic rings. The molecule has 0 bridgehead atoms. The maximum Gasteiger partial charge on any atom is 0.227 e. The molecule has 20 heavy (non-hydrogen) atoms. The van der Waals surface area contributed by atoms with Crippen molar-refractivity contribution in [2.45, 2.75) is 39.7 Å². The van der Waals surface area contributed by atoms with Gasteiger partial charge >= 0.3 is 0 Å². The molecule has 0 saturated carbocycles. The highest BCUT2D eigenvalue weighted by atomic mass is 16.2. The Kier molecular flexibility index (Phi) is 5.18. The highest BCUT2D eigenvalue weighted by Gasteiger charge is 2.22. The topological polar surface area (TPSA) is 32.3 Å². The smallest absolute Gasteiger partial charge is 0.227 e. The van der Waals surface area contributed by atoms with Gasteiger partial charge in [-0.3, -0.25) is 4.79 Å². The molecule has 0 radical (unpaired) electrons. The predicted molar refractivity (Wildman–Crippen MR) is 82.7 cm³/mol. The minimum atomic E-state index is 0.246. The second-order valence-electron chi connectivity index (χ2n) is 6.23. The molecule has 110 valence electrons. The predicted octanol–water partition coefficient (Wildman–Crippen LogP) is 2.25. The van der Waals surface area contributed by atoms with Crippen LogP contribution in [0, 0.1) is 5.92 Å². The third kappa shape index (κ3) is 4.07. The number of nitrogens with one attached hydrogen (secondary N) is 1. The summed E-state index contributed by atoms with van der Waals surface area (Å²) in [5, 5.41) is 3.31. The Labute approximate surface area is 122 Å². The molecule has 1 atom stereocenters. The normalized spacial score (nSPS) is 19.4. The molecule has 0 spiro atoms. The first-order valence-electron chi connectivity index (χ1n) is 7.64. The number of carbonyl (C=O) groups excluding carboxylic acids is 1. The van der Waals surface area contributed by atoms with Gasteiger partial charge in [0.25, 0.3) is 0 Å². The van der Waals surface area contributed by atoms with Crippen molar-refractivity contribution in [2.24, 2.45) is 5.92 Å². The van der Waals surface area contributed by atoms with E-state index in [1.807, 2.05) is 4.90 Å². The molecule has 2 rings (SSSR count). The van der Waals surface area contributed by atoms with Gasteiger partial charge in [-0.1, -0.05) is 38.1 Å². The molecule has 1 amide bonds. The first-order valence-corrected chi connectivity index (χ1v) is 7.64. The summed E-state index contributed by atoms with van der Waals surface area (Å²) in [5.74, 6) is 0.916. The van der Waals surface area contributed by atoms with E-state index in [9.17, 15) is 4.79 Å². The Morgan fingerprint density at radius 3 is 2.55 bits per heavy atom. The summed E-state index contributed by atoms with van der Waals surface area (Å²) < 4.78 is 0. The molecule has 0 aliphatic carbocycles. The van der Waals surface area contributed by atoms with Crippen LogP contribution in [-0.4, -0.2) is 36.5 Å². The van der Waals surface area contributed by atoms with Crippen molar-refractivity contribution in [1.29, 1.82) is 0 Å². The summed E-state index contributed by atoms with van der Waals surface area (Å²) in [6.07, 6.45) is 1.62. The Balaban J connectivity index is 1.93. The van der Waals surface area contributed by atoms with Gasteiger partial charge in [0.15, 0.2) is 0 Å². The van der Waals surface area contributed by atoms with E-state index in [1.165, 1.54) is 5.56 Å². The molecule has 0 unspecified atom stereocenters. The second kappa shape index (κ2) is 6.89. The van der Waals surface area contributed by atoms with Crippen molar-refractivity contribution in [3.8, 4) is 0 Å². The van der Waals surface area contributed by atoms with Gasteiger partial charge in [0.1, 0.15) is 0 Å². The molecule has 3 heteroatoms. The minimum absolute atomic E-state index is 0.246. The fourth-order valence-corrected chi connectivity index (χ4v) is 2.75. The van der Waals surface area contributed by atoms with Crippen molar-refractivity contribution in [3.05, 3.63) is 35.4 Å². The van der Waals surface area contributed by atoms with E-state index >= 15 is 0 Å². The highest BCUT2D eigenvalue weighted by molar-refractivity contribution is 5.79. The van der Waals surface area contributed by atoms with Gasteiger partial charge in [0, 0.05) is 25.7 Å². The molecular weight excluding hydrogens is 248 g/mol. The van der Waals surface area contributed by atoms with E-state index < -0.39 is 0 Å². The van der Waals surface area contributed by atoms with Crippen molar-refractivity contribution >= 4 is 5.91 Å². The first-order chi connectivity index (χ1) is 9.56. The van der Waals surface area contributed by atoms with Crippen LogP contribution in [0.1, 0.15) is 31.9 Å². The maximum absolute atomic E-state index is 12.3. The standard InChI is InChI=1S/C17H26N2O/c1-13(2)10-15-4-6-16(7-5-15)11-17(20)19-9-8-18-12-14(19)3/h4-7,13-14,18H,8-12H2,1-3H3/t14-/m0/s1. The SMILES string of the molecule is CC(C)Cc1ccc(CC(=O)N2CCNC[C@@H]2C)cc1. The van der Waals surface area contributed by atoms with Gasteiger partial charge in [0.05, 0.1) is 6.42 Å². The van der Waals surface area contributed by atoms with Gasteiger partial charge in [-0.05, 0) is 30.4 Å². The average Bonchev–Trinajstić information content (AvgIpc) is 2.41. The van der Waals surface area contributed by atoms with E-state index in [-0.39, 0.29) is 5.91 Å². The third-order valence-electron chi connectivity index (χ3n) is 3.84. The Morgan fingerprint density at radius 1 is 1.30 bits per heavy atom. The van der Waals surface area contributed by atoms with E-state index in [0.717, 1.165) is 31.6 Å². The van der Waals surface area contributed by atoms with Gasteiger partial charge in [-0.25, -0.2) is 0 Å². The summed E-state index contributed by atoms with van der Waals surface area (Å²) in [6, 6.07) is 8.81. The zero-order valence-electron chi connectivity index (χ0n) is 12.9. The molecule has 3 nitrogen and oxygen atoms in total. The van der Waals surface area contributed by atoms with Gasteiger partial charge in [-0.2, -0.15) is 0 Å². The largest absolute Gasteiger partial charge is 0.337 e. The Morgan fingerprint density at radius 2 is 1.95 bits per heavy atom. The molecule has 1 aliphatic rings. The fraction of sp³-hybridized carbons (Fsp3) is 0.588. The number of benzene rings is 1. The average molecular weight is 274 g/mol. The number of hydrogen-bond donors (Lipinski definition) is 1. The van der Waals surface area contributed by atoms with Gasteiger partial charge in [0.2, 0.25) is 5.91 Å². The molecule has 1 aromatic carbocycles. The minimum Gasteiger partial charge on any atom is -0.337 e. The molecule has 1 N–H and O–H groups in total. The summed E-state index contributed by atoms with van der Waals surface area (Å²) >= 11 is 0. The van der Waals surface area contributed by atoms with Crippen LogP contribution in [-0.2, 0) is 17.6 Å². The lowest BCUT2D eigenvalue weighted by Crippen LogP contribution is -2.52. The molecule has 1 fully saturated rings. The Hall–Kier alpha value is -1.35. The monoisotopic (exact) mass is 274 g/mol. The van der Waals surface area contributed by atoms with Crippen LogP contribution in [0.3, 0.4) is 0 Å². The molecule has 1 heterocycles. The molecule has 0 aromatic heterocycles. The van der Waals surface area contributed by atoms with E-state index in [4.69, 9.17) is 0 Å². The van der Waals surface area contributed by atoms with Crippen LogP contribution in [0.2, 0.25) is 0 Å². The van der Waals surface area contributed by atoms with Crippen molar-refractivity contribution < 1.29 is 4.79 Å². The third-order valence-corrected chi connectivity index (χ3v) is 3.84. The summed E-state index contributed by atoms with van der Waals surface area (Å²) in [6.45, 7) is 9.19. The molecular formula is C17H26N2O. The number of hydrogen-bond acceptors (Lipinski definition) is 2. The lowest BCUT2D eigenvalue weighted by atomic mass is 10.0. The van der Waals surface area contributed by atoms with Crippen LogP contribution < -0.4 is 5.32 Å². The molecule has 1 aliphatic heterocycles. The van der Waals surface area contributed by atoms with Crippen LogP contribution in [0.5, 0.6) is 0 Å². The lowest BCUT2D eigenvalue weighted by molar-refractivity contribution is -0.133. The van der Waals surface area contributed by atoms with Crippen LogP contribution >= 0.6 is 0 Å². The van der Waals surface area contributed by atoms with E-state index in [0.29, 0.717) is 18.4 Å². The van der Waals surface area contributed by atoms with Crippen LogP contribution in [0.25, 0.3) is 0 Å². The number of carbonyl (C=O) groups is 1. The second-order valence-corrected chi connectivity index (χ2v) is 6.23. The summed E-state index contributed by atoms with van der Waals surface area (Å²) in [5.41, 5.74) is 2.47. The quantitative estimate of drug-likeness (QED) is 0.913. The number of rotatable bonds is 4. The highest BCUT2D eigenvalue weighted by Crippen LogP contribution is 2.12. The van der Waals surface area contributed by atoms with Crippen molar-refractivity contribution in [1.82, 2.24) is 10.2 Å². The lowest BCUT2D eigenvalue weighted by Gasteiger charge is -2.34. The number of piperazine rings is 1. The van der Waals surface area contributed by atoms with Gasteiger partial charge in [-0.15, -0.1) is 0 Å². The van der Waals surface area contributed by atoms with Gasteiger partial charge < -0.3 is 10.2 Å². The molecule has 1 saturated heterocycles. The van der Waals surface area contributed by atoms with Crippen LogP contribution in [0.15, 0.2) is 24.3 Å². The van der Waals surface area contributed by atoms with Crippen molar-refractivity contribution in [3.63, 3.8) is 0 Å². The summed E-state index contributed by atoms with van der Waals surface area (Å²) in [4.78, 5) is 14.3. The zero-order valence-corrected chi connectivity index (χ0v) is 12.9.